The van der Waals surface area contributed by atoms with Gasteiger partial charge < -0.3 is 10.6 Å². The van der Waals surface area contributed by atoms with E-state index in [1.165, 1.54) is 18.2 Å². The Kier molecular flexibility index (Phi) is 4.76. The minimum Gasteiger partial charge on any atom is -0.351 e. The summed E-state index contributed by atoms with van der Waals surface area (Å²) >= 11 is 0. The van der Waals surface area contributed by atoms with Gasteiger partial charge in [-0.25, -0.2) is 8.78 Å². The molecule has 21 heavy (non-hydrogen) atoms. The normalized spacial score (nSPS) is 10.2. The first kappa shape index (κ1) is 14.8. The lowest BCUT2D eigenvalue weighted by Gasteiger charge is -2.07. The number of nitrogens with zero attached hydrogens (tertiary/aromatic N) is 2. The van der Waals surface area contributed by atoms with Crippen LogP contribution >= 0.6 is 0 Å². The molecule has 0 aliphatic heterocycles. The maximum atomic E-state index is 13.5. The maximum absolute atomic E-state index is 13.5. The van der Waals surface area contributed by atoms with Crippen LogP contribution < -0.4 is 10.6 Å². The van der Waals surface area contributed by atoms with Gasteiger partial charge in [0.1, 0.15) is 17.3 Å². The maximum Gasteiger partial charge on any atom is 0.271 e. The van der Waals surface area contributed by atoms with Gasteiger partial charge in [0.05, 0.1) is 0 Å². The number of para-hydroxylation sites is 1. The van der Waals surface area contributed by atoms with Gasteiger partial charge in [-0.2, -0.15) is 0 Å². The summed E-state index contributed by atoms with van der Waals surface area (Å²) in [5.74, 6) is -1.66. The highest BCUT2D eigenvalue weighted by atomic mass is 19.1. The summed E-state index contributed by atoms with van der Waals surface area (Å²) in [5, 5.41) is 12.6. The van der Waals surface area contributed by atoms with E-state index < -0.39 is 11.6 Å². The van der Waals surface area contributed by atoms with Crippen molar-refractivity contribution >= 4 is 17.4 Å². The van der Waals surface area contributed by atoms with E-state index in [0.29, 0.717) is 6.54 Å². The number of aromatic nitrogens is 2. The number of carbonyl (C=O) groups excluding carboxylic acids is 1. The Hall–Kier alpha value is -2.57. The second-order valence-corrected chi connectivity index (χ2v) is 4.28. The van der Waals surface area contributed by atoms with Crippen molar-refractivity contribution in [1.82, 2.24) is 15.5 Å². The molecule has 0 aliphatic rings. The van der Waals surface area contributed by atoms with E-state index in [2.05, 4.69) is 20.8 Å². The number of rotatable bonds is 5. The van der Waals surface area contributed by atoms with Gasteiger partial charge in [0, 0.05) is 6.54 Å². The molecule has 0 aliphatic carbocycles. The van der Waals surface area contributed by atoms with Gasteiger partial charge in [-0.15, -0.1) is 10.2 Å². The third-order valence-corrected chi connectivity index (χ3v) is 2.65. The Morgan fingerprint density at radius 3 is 2.43 bits per heavy atom. The van der Waals surface area contributed by atoms with E-state index in [1.807, 2.05) is 6.92 Å². The number of hydrogen-bond donors (Lipinski definition) is 2. The quantitative estimate of drug-likeness (QED) is 0.889. The van der Waals surface area contributed by atoms with Gasteiger partial charge >= 0.3 is 0 Å². The number of anilines is 2. The molecule has 0 saturated heterocycles. The molecule has 0 radical (unpaired) electrons. The smallest absolute Gasteiger partial charge is 0.271 e. The number of hydrogen-bond acceptors (Lipinski definition) is 4. The summed E-state index contributed by atoms with van der Waals surface area (Å²) in [7, 11) is 0. The van der Waals surface area contributed by atoms with Crippen molar-refractivity contribution in [3.63, 3.8) is 0 Å². The molecular weight excluding hydrogens is 278 g/mol. The van der Waals surface area contributed by atoms with Gasteiger partial charge in [-0.05, 0) is 30.7 Å². The fraction of sp³-hybridized carbons (Fsp3) is 0.214. The van der Waals surface area contributed by atoms with Gasteiger partial charge in [-0.3, -0.25) is 4.79 Å². The summed E-state index contributed by atoms with van der Waals surface area (Å²) in [6.45, 7) is 2.48. The molecular formula is C14H14F2N4O. The van der Waals surface area contributed by atoms with Crippen LogP contribution in [-0.2, 0) is 0 Å². The number of halogens is 2. The van der Waals surface area contributed by atoms with Gasteiger partial charge in [0.25, 0.3) is 5.91 Å². The minimum atomic E-state index is -0.735. The molecule has 5 nitrogen and oxygen atoms in total. The third kappa shape index (κ3) is 3.71. The first-order valence-corrected chi connectivity index (χ1v) is 6.44. The Bertz CT molecular complexity index is 611. The fourth-order valence-electron chi connectivity index (χ4n) is 1.59. The third-order valence-electron chi connectivity index (χ3n) is 2.65. The van der Waals surface area contributed by atoms with Crippen molar-refractivity contribution in [1.29, 1.82) is 0 Å². The topological polar surface area (TPSA) is 66.9 Å². The summed E-state index contributed by atoms with van der Waals surface area (Å²) in [4.78, 5) is 11.6. The zero-order valence-electron chi connectivity index (χ0n) is 11.4. The molecule has 0 fully saturated rings. The first-order chi connectivity index (χ1) is 10.1. The molecule has 1 aromatic heterocycles. The van der Waals surface area contributed by atoms with Crippen LogP contribution in [0.4, 0.5) is 20.3 Å². The van der Waals surface area contributed by atoms with Crippen LogP contribution in [0.3, 0.4) is 0 Å². The molecule has 1 aromatic carbocycles. The van der Waals surface area contributed by atoms with Crippen LogP contribution in [-0.4, -0.2) is 22.6 Å². The molecule has 110 valence electrons. The van der Waals surface area contributed by atoms with Gasteiger partial charge in [-0.1, -0.05) is 13.0 Å². The van der Waals surface area contributed by atoms with Crippen LogP contribution in [0.15, 0.2) is 30.3 Å². The number of benzene rings is 1. The predicted octanol–water partition coefficient (Wildman–Crippen LogP) is 2.64. The van der Waals surface area contributed by atoms with E-state index in [-0.39, 0.29) is 23.1 Å². The monoisotopic (exact) mass is 292 g/mol. The molecule has 0 bridgehead atoms. The Morgan fingerprint density at radius 2 is 1.86 bits per heavy atom. The molecule has 0 spiro atoms. The molecule has 0 saturated carbocycles. The SMILES string of the molecule is CCCNC(=O)c1ccc(Nc2c(F)cccc2F)nn1. The Morgan fingerprint density at radius 1 is 1.14 bits per heavy atom. The first-order valence-electron chi connectivity index (χ1n) is 6.44. The number of amides is 1. The summed E-state index contributed by atoms with van der Waals surface area (Å²) in [6, 6.07) is 6.39. The second-order valence-electron chi connectivity index (χ2n) is 4.28. The predicted molar refractivity (Wildman–Crippen MR) is 74.3 cm³/mol. The summed E-state index contributed by atoms with van der Waals surface area (Å²) in [5.41, 5.74) is -0.169. The van der Waals surface area contributed by atoms with Gasteiger partial charge in [0.15, 0.2) is 11.5 Å². The van der Waals surface area contributed by atoms with E-state index in [9.17, 15) is 13.6 Å². The summed E-state index contributed by atoms with van der Waals surface area (Å²) in [6.07, 6.45) is 0.811. The van der Waals surface area contributed by atoms with E-state index >= 15 is 0 Å². The van der Waals surface area contributed by atoms with Crippen LogP contribution in [0.5, 0.6) is 0 Å². The van der Waals surface area contributed by atoms with Crippen molar-refractivity contribution in [3.05, 3.63) is 47.7 Å². The van der Waals surface area contributed by atoms with Gasteiger partial charge in [0.2, 0.25) is 0 Å². The van der Waals surface area contributed by atoms with E-state index in [4.69, 9.17) is 0 Å². The van der Waals surface area contributed by atoms with Crippen molar-refractivity contribution in [2.75, 3.05) is 11.9 Å². The Balaban J connectivity index is 2.11. The number of nitrogens with one attached hydrogen (secondary N) is 2. The molecule has 1 heterocycles. The van der Waals surface area contributed by atoms with Crippen molar-refractivity contribution < 1.29 is 13.6 Å². The fourth-order valence-corrected chi connectivity index (χ4v) is 1.59. The average molecular weight is 292 g/mol. The molecule has 0 atom stereocenters. The van der Waals surface area contributed by atoms with Crippen molar-refractivity contribution in [2.45, 2.75) is 13.3 Å². The summed E-state index contributed by atoms with van der Waals surface area (Å²) < 4.78 is 26.9. The van der Waals surface area contributed by atoms with Crippen LogP contribution in [0.25, 0.3) is 0 Å². The highest BCUT2D eigenvalue weighted by Crippen LogP contribution is 2.21. The molecule has 2 rings (SSSR count). The van der Waals surface area contributed by atoms with Crippen molar-refractivity contribution in [2.24, 2.45) is 0 Å². The second kappa shape index (κ2) is 6.74. The molecule has 7 heteroatoms. The standard InChI is InChI=1S/C14H14F2N4O/c1-2-8-17-14(21)11-6-7-12(20-19-11)18-13-9(15)4-3-5-10(13)16/h3-7H,2,8H2,1H3,(H,17,21)(H,18,20). The number of carbonyl (C=O) groups is 1. The zero-order chi connectivity index (χ0) is 15.2. The minimum absolute atomic E-state index is 0.142. The Labute approximate surface area is 120 Å². The molecule has 1 amide bonds. The highest BCUT2D eigenvalue weighted by Gasteiger charge is 2.11. The van der Waals surface area contributed by atoms with E-state index in [1.54, 1.807) is 0 Å². The van der Waals surface area contributed by atoms with Crippen molar-refractivity contribution in [3.8, 4) is 0 Å². The lowest BCUT2D eigenvalue weighted by Crippen LogP contribution is -2.25. The molecule has 0 unspecified atom stereocenters. The van der Waals surface area contributed by atoms with Crippen LogP contribution in [0, 0.1) is 11.6 Å². The largest absolute Gasteiger partial charge is 0.351 e. The zero-order valence-corrected chi connectivity index (χ0v) is 11.4. The molecule has 2 aromatic rings. The lowest BCUT2D eigenvalue weighted by atomic mass is 10.3. The van der Waals surface area contributed by atoms with Crippen LogP contribution in [0.2, 0.25) is 0 Å². The average Bonchev–Trinajstić information content (AvgIpc) is 2.49. The highest BCUT2D eigenvalue weighted by molar-refractivity contribution is 5.92. The van der Waals surface area contributed by atoms with Crippen LogP contribution in [0.1, 0.15) is 23.8 Å². The van der Waals surface area contributed by atoms with E-state index in [0.717, 1.165) is 18.6 Å². The lowest BCUT2D eigenvalue weighted by molar-refractivity contribution is 0.0947. The molecule has 2 N–H and O–H groups in total.